The van der Waals surface area contributed by atoms with Gasteiger partial charge < -0.3 is 10.6 Å². The van der Waals surface area contributed by atoms with Crippen molar-refractivity contribution in [2.24, 2.45) is 5.73 Å². The lowest BCUT2D eigenvalue weighted by molar-refractivity contribution is 0.0791. The van der Waals surface area contributed by atoms with Crippen LogP contribution in [0.4, 0.5) is 0 Å². The van der Waals surface area contributed by atoms with Gasteiger partial charge in [-0.25, -0.2) is 4.68 Å². The fourth-order valence-electron chi connectivity index (χ4n) is 2.77. The van der Waals surface area contributed by atoms with Gasteiger partial charge in [-0.3, -0.25) is 4.79 Å². The molecular weight excluding hydrogens is 344 g/mol. The largest absolute Gasteiger partial charge is 0.337 e. The summed E-state index contributed by atoms with van der Waals surface area (Å²) in [6, 6.07) is 7.66. The van der Waals surface area contributed by atoms with E-state index in [1.807, 2.05) is 47.7 Å². The number of likely N-dealkylation sites (tertiary alicyclic amines) is 1. The summed E-state index contributed by atoms with van der Waals surface area (Å²) in [6.07, 6.45) is 0.879. The molecule has 1 saturated heterocycles. The fourth-order valence-corrected chi connectivity index (χ4v) is 3.02. The Bertz CT molecular complexity index is 708. The molecule has 1 amide bonds. The molecule has 1 aliphatic heterocycles. The topological polar surface area (TPSA) is 64.2 Å². The highest BCUT2D eigenvalue weighted by Crippen LogP contribution is 2.23. The Kier molecular flexibility index (Phi) is 4.06. The lowest BCUT2D eigenvalue weighted by atomic mass is 10.2. The zero-order valence-corrected chi connectivity index (χ0v) is 14.3. The molecule has 0 radical (unpaired) electrons. The number of amides is 1. The third-order valence-corrected chi connectivity index (χ3v) is 5.22. The van der Waals surface area contributed by atoms with Crippen molar-refractivity contribution in [1.82, 2.24) is 14.7 Å². The number of aromatic nitrogens is 2. The Balaban J connectivity index is 1.83. The van der Waals surface area contributed by atoms with Crippen LogP contribution in [0, 0.1) is 13.8 Å². The van der Waals surface area contributed by atoms with Crippen molar-refractivity contribution in [3.05, 3.63) is 45.7 Å². The van der Waals surface area contributed by atoms with Gasteiger partial charge in [0.25, 0.3) is 5.91 Å². The van der Waals surface area contributed by atoms with Gasteiger partial charge in [0, 0.05) is 24.7 Å². The minimum atomic E-state index is 0.0500. The SMILES string of the molecule is Cc1nn(-c2ccc(C(=O)N3CCC(N)C3)cc2)c(C)c1Br. The summed E-state index contributed by atoms with van der Waals surface area (Å²) in [7, 11) is 0. The van der Waals surface area contributed by atoms with Crippen molar-refractivity contribution in [2.45, 2.75) is 26.3 Å². The molecule has 1 atom stereocenters. The molecule has 1 aliphatic rings. The van der Waals surface area contributed by atoms with Gasteiger partial charge >= 0.3 is 0 Å². The van der Waals surface area contributed by atoms with Gasteiger partial charge in [0.05, 0.1) is 21.5 Å². The summed E-state index contributed by atoms with van der Waals surface area (Å²) in [5.74, 6) is 0.0500. The second-order valence-electron chi connectivity index (χ2n) is 5.74. The van der Waals surface area contributed by atoms with Gasteiger partial charge in [-0.1, -0.05) is 0 Å². The molecular formula is C16H19BrN4O. The van der Waals surface area contributed by atoms with Crippen LogP contribution >= 0.6 is 15.9 Å². The summed E-state index contributed by atoms with van der Waals surface area (Å²) >= 11 is 3.53. The van der Waals surface area contributed by atoms with Crippen molar-refractivity contribution >= 4 is 21.8 Å². The molecule has 6 heteroatoms. The van der Waals surface area contributed by atoms with E-state index in [9.17, 15) is 4.79 Å². The molecule has 22 heavy (non-hydrogen) atoms. The molecule has 5 nitrogen and oxygen atoms in total. The molecule has 2 heterocycles. The van der Waals surface area contributed by atoms with Crippen molar-refractivity contribution in [2.75, 3.05) is 13.1 Å². The molecule has 1 aromatic carbocycles. The molecule has 0 saturated carbocycles. The first-order valence-corrected chi connectivity index (χ1v) is 8.13. The fraction of sp³-hybridized carbons (Fsp3) is 0.375. The molecule has 116 valence electrons. The van der Waals surface area contributed by atoms with E-state index in [0.717, 1.165) is 34.5 Å². The molecule has 0 aliphatic carbocycles. The average molecular weight is 363 g/mol. The van der Waals surface area contributed by atoms with Crippen LogP contribution in [0.3, 0.4) is 0 Å². The van der Waals surface area contributed by atoms with Crippen molar-refractivity contribution in [3.8, 4) is 5.69 Å². The van der Waals surface area contributed by atoms with Gasteiger partial charge in [0.1, 0.15) is 0 Å². The Morgan fingerprint density at radius 3 is 2.50 bits per heavy atom. The highest BCUT2D eigenvalue weighted by Gasteiger charge is 2.24. The number of hydrogen-bond donors (Lipinski definition) is 1. The molecule has 0 bridgehead atoms. The number of aryl methyl sites for hydroxylation is 1. The third kappa shape index (κ3) is 2.68. The standard InChI is InChI=1S/C16H19BrN4O/c1-10-15(17)11(2)21(19-10)14-5-3-12(4-6-14)16(22)20-8-7-13(18)9-20/h3-6,13H,7-9,18H2,1-2H3. The lowest BCUT2D eigenvalue weighted by Gasteiger charge is -2.16. The van der Waals surface area contributed by atoms with Crippen molar-refractivity contribution in [3.63, 3.8) is 0 Å². The van der Waals surface area contributed by atoms with Crippen molar-refractivity contribution in [1.29, 1.82) is 0 Å². The van der Waals surface area contributed by atoms with Crippen LogP contribution in [0.1, 0.15) is 28.2 Å². The summed E-state index contributed by atoms with van der Waals surface area (Å²) < 4.78 is 2.89. The second kappa shape index (κ2) is 5.85. The first-order valence-electron chi connectivity index (χ1n) is 7.34. The summed E-state index contributed by atoms with van der Waals surface area (Å²) in [4.78, 5) is 14.2. The monoisotopic (exact) mass is 362 g/mol. The quantitative estimate of drug-likeness (QED) is 0.891. The normalized spacial score (nSPS) is 18.0. The number of hydrogen-bond acceptors (Lipinski definition) is 3. The van der Waals surface area contributed by atoms with E-state index in [0.29, 0.717) is 12.1 Å². The van der Waals surface area contributed by atoms with Crippen LogP contribution in [-0.4, -0.2) is 39.7 Å². The number of nitrogens with zero attached hydrogens (tertiary/aromatic N) is 3. The molecule has 2 aromatic rings. The van der Waals surface area contributed by atoms with E-state index in [1.54, 1.807) is 0 Å². The molecule has 2 N–H and O–H groups in total. The van der Waals surface area contributed by atoms with Gasteiger partial charge in [0.15, 0.2) is 0 Å². The van der Waals surface area contributed by atoms with Gasteiger partial charge in [0.2, 0.25) is 0 Å². The van der Waals surface area contributed by atoms with Gasteiger partial charge in [-0.15, -0.1) is 0 Å². The highest BCUT2D eigenvalue weighted by atomic mass is 79.9. The average Bonchev–Trinajstić information content (AvgIpc) is 3.06. The number of carbonyl (C=O) groups is 1. The number of benzene rings is 1. The van der Waals surface area contributed by atoms with E-state index in [1.165, 1.54) is 0 Å². The van der Waals surface area contributed by atoms with Crippen LogP contribution < -0.4 is 5.73 Å². The minimum absolute atomic E-state index is 0.0500. The summed E-state index contributed by atoms with van der Waals surface area (Å²) in [5, 5.41) is 4.50. The van der Waals surface area contributed by atoms with Crippen LogP contribution in [0.2, 0.25) is 0 Å². The molecule has 1 aromatic heterocycles. The summed E-state index contributed by atoms with van der Waals surface area (Å²) in [6.45, 7) is 5.36. The van der Waals surface area contributed by atoms with Crippen LogP contribution in [0.25, 0.3) is 5.69 Å². The number of nitrogens with two attached hydrogens (primary N) is 1. The lowest BCUT2D eigenvalue weighted by Crippen LogP contribution is -2.31. The van der Waals surface area contributed by atoms with E-state index in [2.05, 4.69) is 21.0 Å². The van der Waals surface area contributed by atoms with Crippen LogP contribution in [-0.2, 0) is 0 Å². The number of rotatable bonds is 2. The second-order valence-corrected chi connectivity index (χ2v) is 6.54. The molecule has 0 spiro atoms. The van der Waals surface area contributed by atoms with Crippen LogP contribution in [0.5, 0.6) is 0 Å². The maximum absolute atomic E-state index is 12.4. The first kappa shape index (κ1) is 15.2. The van der Waals surface area contributed by atoms with Gasteiger partial charge in [-0.05, 0) is 60.5 Å². The van der Waals surface area contributed by atoms with Gasteiger partial charge in [-0.2, -0.15) is 5.10 Å². The first-order chi connectivity index (χ1) is 10.5. The Morgan fingerprint density at radius 2 is 2.00 bits per heavy atom. The van der Waals surface area contributed by atoms with E-state index < -0.39 is 0 Å². The predicted molar refractivity (Wildman–Crippen MR) is 89.2 cm³/mol. The van der Waals surface area contributed by atoms with E-state index in [4.69, 9.17) is 5.73 Å². The smallest absolute Gasteiger partial charge is 0.253 e. The van der Waals surface area contributed by atoms with Crippen LogP contribution in [0.15, 0.2) is 28.7 Å². The Hall–Kier alpha value is -1.66. The highest BCUT2D eigenvalue weighted by molar-refractivity contribution is 9.10. The van der Waals surface area contributed by atoms with E-state index in [-0.39, 0.29) is 11.9 Å². The third-order valence-electron chi connectivity index (χ3n) is 4.07. The zero-order valence-electron chi connectivity index (χ0n) is 12.7. The minimum Gasteiger partial charge on any atom is -0.337 e. The zero-order chi connectivity index (χ0) is 15.9. The predicted octanol–water partition coefficient (Wildman–Crippen LogP) is 2.42. The maximum Gasteiger partial charge on any atom is 0.253 e. The molecule has 3 rings (SSSR count). The molecule has 1 unspecified atom stereocenters. The summed E-state index contributed by atoms with van der Waals surface area (Å²) in [5.41, 5.74) is 9.49. The van der Waals surface area contributed by atoms with Crippen molar-refractivity contribution < 1.29 is 4.79 Å². The van der Waals surface area contributed by atoms with E-state index >= 15 is 0 Å². The Labute approximate surface area is 138 Å². The number of carbonyl (C=O) groups excluding carboxylic acids is 1. The number of halogens is 1. The Morgan fingerprint density at radius 1 is 1.32 bits per heavy atom. The molecule has 1 fully saturated rings. The maximum atomic E-state index is 12.4.